The molecule has 0 aromatic heterocycles. The van der Waals surface area contributed by atoms with E-state index in [1.54, 1.807) is 43.3 Å². The summed E-state index contributed by atoms with van der Waals surface area (Å²) in [4.78, 5) is 24.0. The number of hydrogen-bond acceptors (Lipinski definition) is 5. The Balaban J connectivity index is 1.99. The minimum atomic E-state index is -0.614. The minimum absolute atomic E-state index is 0.0364. The first kappa shape index (κ1) is 23.3. The predicted molar refractivity (Wildman–Crippen MR) is 119 cm³/mol. The van der Waals surface area contributed by atoms with Crippen LogP contribution >= 0.6 is 23.2 Å². The maximum Gasteiger partial charge on any atom is 0.249 e. The molecule has 2 aromatic carbocycles. The third-order valence-corrected chi connectivity index (χ3v) is 4.61. The predicted octanol–water partition coefficient (Wildman–Crippen LogP) is 4.31. The molecule has 7 nitrogen and oxygen atoms in total. The number of benzene rings is 2. The molecule has 0 saturated heterocycles. The van der Waals surface area contributed by atoms with E-state index in [9.17, 15) is 14.7 Å². The number of hydrazone groups is 1. The summed E-state index contributed by atoms with van der Waals surface area (Å²) in [6, 6.07) is 8.08. The molecule has 9 heteroatoms. The summed E-state index contributed by atoms with van der Waals surface area (Å²) >= 11 is 11.9. The standard InChI is InChI=1S/C21H21Cl2N3O4/c1-3-6-14-9-13(10-17(21(14)29)30-4-2)12-24-26-19(28)11-18(27)25-16-8-5-7-15(22)20(16)23/h3,5,7-10,12,29H,1,4,6,11H2,2H3,(H,25,27)(H,26,28). The van der Waals surface area contributed by atoms with Crippen molar-refractivity contribution in [2.75, 3.05) is 11.9 Å². The van der Waals surface area contributed by atoms with Gasteiger partial charge in [-0.25, -0.2) is 5.43 Å². The highest BCUT2D eigenvalue weighted by atomic mass is 35.5. The first-order chi connectivity index (χ1) is 14.3. The molecule has 2 amide bonds. The number of halogens is 2. The molecule has 0 radical (unpaired) electrons. The molecule has 30 heavy (non-hydrogen) atoms. The second-order valence-electron chi connectivity index (χ2n) is 6.07. The number of aromatic hydroxyl groups is 1. The molecule has 2 rings (SSSR count). The number of carbonyl (C=O) groups is 2. The number of nitrogens with one attached hydrogen (secondary N) is 2. The summed E-state index contributed by atoms with van der Waals surface area (Å²) in [5.74, 6) is -0.836. The fourth-order valence-corrected chi connectivity index (χ4v) is 2.85. The van der Waals surface area contributed by atoms with Crippen molar-refractivity contribution < 1.29 is 19.4 Å². The van der Waals surface area contributed by atoms with Gasteiger partial charge in [0.25, 0.3) is 0 Å². The molecule has 158 valence electrons. The Labute approximate surface area is 184 Å². The van der Waals surface area contributed by atoms with Crippen LogP contribution in [-0.2, 0) is 16.0 Å². The van der Waals surface area contributed by atoms with Gasteiger partial charge in [-0.3, -0.25) is 9.59 Å². The lowest BCUT2D eigenvalue weighted by molar-refractivity contribution is -0.126. The van der Waals surface area contributed by atoms with Crippen LogP contribution in [0.2, 0.25) is 10.0 Å². The van der Waals surface area contributed by atoms with Gasteiger partial charge in [-0.05, 0) is 43.2 Å². The lowest BCUT2D eigenvalue weighted by Crippen LogP contribution is -2.24. The van der Waals surface area contributed by atoms with Gasteiger partial charge in [0.05, 0.1) is 28.6 Å². The summed E-state index contributed by atoms with van der Waals surface area (Å²) < 4.78 is 5.41. The van der Waals surface area contributed by atoms with E-state index in [-0.39, 0.29) is 10.8 Å². The zero-order valence-corrected chi connectivity index (χ0v) is 17.8. The molecular weight excluding hydrogens is 429 g/mol. The van der Waals surface area contributed by atoms with Gasteiger partial charge in [0.1, 0.15) is 6.42 Å². The maximum atomic E-state index is 12.0. The van der Waals surface area contributed by atoms with Crippen LogP contribution in [0.3, 0.4) is 0 Å². The number of amides is 2. The van der Waals surface area contributed by atoms with Crippen molar-refractivity contribution in [3.8, 4) is 11.5 Å². The summed E-state index contributed by atoms with van der Waals surface area (Å²) in [6.07, 6.45) is 3.02. The van der Waals surface area contributed by atoms with Gasteiger partial charge < -0.3 is 15.2 Å². The van der Waals surface area contributed by atoms with Crippen LogP contribution in [0.4, 0.5) is 5.69 Å². The number of anilines is 1. The SMILES string of the molecule is C=CCc1cc(C=NNC(=O)CC(=O)Nc2cccc(Cl)c2Cl)cc(OCC)c1O. The Morgan fingerprint density at radius 2 is 2.03 bits per heavy atom. The third kappa shape index (κ3) is 6.50. The van der Waals surface area contributed by atoms with E-state index >= 15 is 0 Å². The second kappa shape index (κ2) is 11.2. The number of ether oxygens (including phenoxy) is 1. The molecule has 0 bridgehead atoms. The quantitative estimate of drug-likeness (QED) is 0.230. The van der Waals surface area contributed by atoms with Gasteiger partial charge in [0.2, 0.25) is 11.8 Å². The number of phenols is 1. The minimum Gasteiger partial charge on any atom is -0.504 e. The number of rotatable bonds is 9. The van der Waals surface area contributed by atoms with Gasteiger partial charge in [-0.15, -0.1) is 6.58 Å². The highest BCUT2D eigenvalue weighted by Crippen LogP contribution is 2.32. The van der Waals surface area contributed by atoms with E-state index in [2.05, 4.69) is 22.4 Å². The largest absolute Gasteiger partial charge is 0.504 e. The van der Waals surface area contributed by atoms with Crippen molar-refractivity contribution >= 4 is 46.9 Å². The van der Waals surface area contributed by atoms with Crippen molar-refractivity contribution in [3.63, 3.8) is 0 Å². The van der Waals surface area contributed by atoms with Crippen LogP contribution in [0.25, 0.3) is 0 Å². The summed E-state index contributed by atoms with van der Waals surface area (Å²) in [5, 5.41) is 17.0. The van der Waals surface area contributed by atoms with Gasteiger partial charge >= 0.3 is 0 Å². The Kier molecular flexibility index (Phi) is 8.70. The number of carbonyl (C=O) groups excluding carboxylic acids is 2. The van der Waals surface area contributed by atoms with Crippen molar-refractivity contribution in [1.82, 2.24) is 5.43 Å². The van der Waals surface area contributed by atoms with Crippen molar-refractivity contribution in [2.24, 2.45) is 5.10 Å². The average molecular weight is 450 g/mol. The maximum absolute atomic E-state index is 12.0. The topological polar surface area (TPSA) is 100 Å². The Morgan fingerprint density at radius 1 is 1.27 bits per heavy atom. The fraction of sp³-hybridized carbons (Fsp3) is 0.190. The van der Waals surface area contributed by atoms with Crippen LogP contribution in [0.15, 0.2) is 48.1 Å². The molecule has 0 saturated carbocycles. The van der Waals surface area contributed by atoms with E-state index in [0.29, 0.717) is 40.6 Å². The summed E-state index contributed by atoms with van der Waals surface area (Å²) in [6.45, 7) is 5.84. The zero-order valence-electron chi connectivity index (χ0n) is 16.2. The number of nitrogens with zero attached hydrogens (tertiary/aromatic N) is 1. The number of hydrogen-bond donors (Lipinski definition) is 3. The molecular formula is C21H21Cl2N3O4. The van der Waals surface area contributed by atoms with E-state index in [1.807, 2.05) is 0 Å². The Morgan fingerprint density at radius 3 is 2.73 bits per heavy atom. The van der Waals surface area contributed by atoms with Gasteiger partial charge in [-0.1, -0.05) is 35.3 Å². The molecule has 0 fully saturated rings. The Bertz CT molecular complexity index is 977. The molecule has 0 atom stereocenters. The molecule has 0 heterocycles. The van der Waals surface area contributed by atoms with Gasteiger partial charge in [0, 0.05) is 5.56 Å². The molecule has 0 aliphatic rings. The summed E-state index contributed by atoms with van der Waals surface area (Å²) in [5.41, 5.74) is 3.80. The molecule has 0 unspecified atom stereocenters. The lowest BCUT2D eigenvalue weighted by atomic mass is 10.1. The molecule has 0 aliphatic carbocycles. The van der Waals surface area contributed by atoms with E-state index in [0.717, 1.165) is 0 Å². The molecule has 0 aliphatic heterocycles. The van der Waals surface area contributed by atoms with Crippen molar-refractivity contribution in [3.05, 3.63) is 64.2 Å². The Hall–Kier alpha value is -3.03. The van der Waals surface area contributed by atoms with Crippen molar-refractivity contribution in [2.45, 2.75) is 19.8 Å². The lowest BCUT2D eigenvalue weighted by Gasteiger charge is -2.10. The summed E-state index contributed by atoms with van der Waals surface area (Å²) in [7, 11) is 0. The molecule has 3 N–H and O–H groups in total. The second-order valence-corrected chi connectivity index (χ2v) is 6.86. The third-order valence-electron chi connectivity index (χ3n) is 3.79. The van der Waals surface area contributed by atoms with Crippen molar-refractivity contribution in [1.29, 1.82) is 0 Å². The smallest absolute Gasteiger partial charge is 0.249 e. The average Bonchev–Trinajstić information content (AvgIpc) is 2.69. The van der Waals surface area contributed by atoms with E-state index in [4.69, 9.17) is 27.9 Å². The normalized spacial score (nSPS) is 10.6. The van der Waals surface area contributed by atoms with Crippen LogP contribution in [0.5, 0.6) is 11.5 Å². The fourth-order valence-electron chi connectivity index (χ4n) is 2.50. The highest BCUT2D eigenvalue weighted by Gasteiger charge is 2.13. The van der Waals surface area contributed by atoms with Crippen LogP contribution in [0.1, 0.15) is 24.5 Å². The zero-order chi connectivity index (χ0) is 22.1. The van der Waals surface area contributed by atoms with Crippen LogP contribution < -0.4 is 15.5 Å². The number of allylic oxidation sites excluding steroid dienone is 1. The van der Waals surface area contributed by atoms with E-state index in [1.165, 1.54) is 6.21 Å². The molecule has 0 spiro atoms. The van der Waals surface area contributed by atoms with Gasteiger partial charge in [0.15, 0.2) is 11.5 Å². The monoisotopic (exact) mass is 449 g/mol. The van der Waals surface area contributed by atoms with Gasteiger partial charge in [-0.2, -0.15) is 5.10 Å². The highest BCUT2D eigenvalue weighted by molar-refractivity contribution is 6.44. The molecule has 2 aromatic rings. The first-order valence-corrected chi connectivity index (χ1v) is 9.76. The van der Waals surface area contributed by atoms with Crippen LogP contribution in [0, 0.1) is 0 Å². The first-order valence-electron chi connectivity index (χ1n) is 9.01. The van der Waals surface area contributed by atoms with E-state index < -0.39 is 18.2 Å². The van der Waals surface area contributed by atoms with Crippen LogP contribution in [-0.4, -0.2) is 29.7 Å². The number of phenolic OH excluding ortho intramolecular Hbond substituents is 1.